The van der Waals surface area contributed by atoms with Crippen LogP contribution in [0.1, 0.15) is 25.2 Å². The van der Waals surface area contributed by atoms with Crippen molar-refractivity contribution in [2.45, 2.75) is 43.1 Å². The molecule has 1 fully saturated rings. The molecule has 2 aliphatic rings. The zero-order chi connectivity index (χ0) is 22.1. The largest absolute Gasteiger partial charge is 0.379 e. The zero-order valence-electron chi connectivity index (χ0n) is 18.5. The first-order valence-electron chi connectivity index (χ1n) is 11.2. The summed E-state index contributed by atoms with van der Waals surface area (Å²) >= 11 is 1.54. The van der Waals surface area contributed by atoms with Gasteiger partial charge in [0.15, 0.2) is 0 Å². The van der Waals surface area contributed by atoms with Crippen molar-refractivity contribution in [1.82, 2.24) is 14.9 Å². The molecule has 5 rings (SSSR count). The lowest BCUT2D eigenvalue weighted by atomic mass is 10.1. The van der Waals surface area contributed by atoms with Crippen LogP contribution >= 0.6 is 11.8 Å². The summed E-state index contributed by atoms with van der Waals surface area (Å²) in [4.78, 5) is 27.5. The second-order valence-electron chi connectivity index (χ2n) is 8.50. The summed E-state index contributed by atoms with van der Waals surface area (Å²) in [6.45, 7) is 8.07. The highest BCUT2D eigenvalue weighted by Gasteiger charge is 2.33. The van der Waals surface area contributed by atoms with E-state index in [4.69, 9.17) is 14.7 Å². The van der Waals surface area contributed by atoms with E-state index in [1.54, 1.807) is 0 Å². The van der Waals surface area contributed by atoms with Gasteiger partial charge in [-0.05, 0) is 38.0 Å². The molecule has 2 aliphatic heterocycles. The third-order valence-corrected chi connectivity index (χ3v) is 7.25. The number of ether oxygens (including phenoxy) is 1. The van der Waals surface area contributed by atoms with E-state index in [1.165, 1.54) is 17.3 Å². The van der Waals surface area contributed by atoms with Gasteiger partial charge in [-0.2, -0.15) is 0 Å². The molecular formula is C25H28N4O2S. The molecule has 7 heteroatoms. The third-order valence-electron chi connectivity index (χ3n) is 6.16. The van der Waals surface area contributed by atoms with Crippen molar-refractivity contribution in [3.63, 3.8) is 0 Å². The molecule has 1 amide bonds. The fourth-order valence-corrected chi connectivity index (χ4v) is 5.54. The maximum absolute atomic E-state index is 13.5. The Kier molecular flexibility index (Phi) is 6.13. The van der Waals surface area contributed by atoms with Crippen molar-refractivity contribution in [2.24, 2.45) is 0 Å². The van der Waals surface area contributed by atoms with Gasteiger partial charge in [0.05, 0.1) is 30.5 Å². The highest BCUT2D eigenvalue weighted by molar-refractivity contribution is 8.00. The van der Waals surface area contributed by atoms with Crippen LogP contribution in [0.3, 0.4) is 0 Å². The van der Waals surface area contributed by atoms with Crippen molar-refractivity contribution in [2.75, 3.05) is 31.2 Å². The number of nitrogens with zero attached hydrogens (tertiary/aromatic N) is 4. The van der Waals surface area contributed by atoms with Gasteiger partial charge in [-0.25, -0.2) is 9.97 Å². The maximum atomic E-state index is 13.5. The Morgan fingerprint density at radius 1 is 1.12 bits per heavy atom. The van der Waals surface area contributed by atoms with Crippen molar-refractivity contribution < 1.29 is 9.53 Å². The third kappa shape index (κ3) is 4.25. The first-order valence-corrected chi connectivity index (χ1v) is 12.1. The molecule has 32 heavy (non-hydrogen) atoms. The summed E-state index contributed by atoms with van der Waals surface area (Å²) in [7, 11) is 0. The molecule has 2 atom stereocenters. The molecule has 0 N–H and O–H groups in total. The molecule has 1 saturated heterocycles. The summed E-state index contributed by atoms with van der Waals surface area (Å²) in [5.74, 6) is 0.928. The van der Waals surface area contributed by atoms with Crippen LogP contribution in [0, 0.1) is 0 Å². The molecule has 0 aliphatic carbocycles. The molecule has 0 spiro atoms. The Bertz CT molecular complexity index is 1130. The van der Waals surface area contributed by atoms with Gasteiger partial charge in [0.1, 0.15) is 10.9 Å². The number of hydrogen-bond acceptors (Lipinski definition) is 6. The number of carbonyl (C=O) groups is 1. The van der Waals surface area contributed by atoms with E-state index in [1.807, 2.05) is 48.2 Å². The van der Waals surface area contributed by atoms with E-state index >= 15 is 0 Å². The van der Waals surface area contributed by atoms with Crippen molar-refractivity contribution in [3.8, 4) is 0 Å². The predicted octanol–water partition coefficient (Wildman–Crippen LogP) is 3.92. The summed E-state index contributed by atoms with van der Waals surface area (Å²) in [6.07, 6.45) is 0.902. The smallest absolute Gasteiger partial charge is 0.240 e. The minimum Gasteiger partial charge on any atom is -0.379 e. The first-order chi connectivity index (χ1) is 15.6. The Hall–Kier alpha value is -2.48. The monoisotopic (exact) mass is 448 g/mol. The van der Waals surface area contributed by atoms with Crippen LogP contribution in [0.15, 0.2) is 53.6 Å². The van der Waals surface area contributed by atoms with Crippen LogP contribution in [-0.2, 0) is 22.5 Å². The Morgan fingerprint density at radius 3 is 2.72 bits per heavy atom. The van der Waals surface area contributed by atoms with E-state index in [0.717, 1.165) is 60.2 Å². The van der Waals surface area contributed by atoms with Crippen LogP contribution < -0.4 is 4.90 Å². The lowest BCUT2D eigenvalue weighted by molar-refractivity contribution is -0.118. The average Bonchev–Trinajstić information content (AvgIpc) is 3.15. The van der Waals surface area contributed by atoms with Crippen LogP contribution in [0.5, 0.6) is 0 Å². The number of amides is 1. The van der Waals surface area contributed by atoms with Crippen molar-refractivity contribution in [3.05, 3.63) is 59.9 Å². The highest BCUT2D eigenvalue weighted by atomic mass is 32.2. The van der Waals surface area contributed by atoms with E-state index in [-0.39, 0.29) is 17.2 Å². The molecule has 2 aromatic carbocycles. The van der Waals surface area contributed by atoms with Crippen LogP contribution in [0.2, 0.25) is 0 Å². The molecule has 2 unspecified atom stereocenters. The van der Waals surface area contributed by atoms with Crippen LogP contribution in [0.4, 0.5) is 5.69 Å². The van der Waals surface area contributed by atoms with E-state index in [0.29, 0.717) is 6.54 Å². The fourth-order valence-electron chi connectivity index (χ4n) is 4.53. The topological polar surface area (TPSA) is 58.6 Å². The lowest BCUT2D eigenvalue weighted by Crippen LogP contribution is -2.40. The quantitative estimate of drug-likeness (QED) is 0.436. The summed E-state index contributed by atoms with van der Waals surface area (Å²) < 4.78 is 5.46. The Balaban J connectivity index is 1.41. The molecule has 0 saturated carbocycles. The highest BCUT2D eigenvalue weighted by Crippen LogP contribution is 2.36. The number of carbonyl (C=O) groups excluding carboxylic acids is 1. The van der Waals surface area contributed by atoms with Gasteiger partial charge in [-0.3, -0.25) is 9.69 Å². The number of benzene rings is 2. The molecular weight excluding hydrogens is 420 g/mol. The number of para-hydroxylation sites is 2. The Morgan fingerprint density at radius 2 is 1.88 bits per heavy atom. The van der Waals surface area contributed by atoms with Gasteiger partial charge < -0.3 is 9.64 Å². The molecule has 3 aromatic rings. The number of anilines is 1. The predicted molar refractivity (Wildman–Crippen MR) is 128 cm³/mol. The van der Waals surface area contributed by atoms with Crippen LogP contribution in [0.25, 0.3) is 10.9 Å². The van der Waals surface area contributed by atoms with Crippen LogP contribution in [-0.4, -0.2) is 58.4 Å². The summed E-state index contributed by atoms with van der Waals surface area (Å²) in [6, 6.07) is 16.5. The van der Waals surface area contributed by atoms with Gasteiger partial charge in [0.25, 0.3) is 0 Å². The zero-order valence-corrected chi connectivity index (χ0v) is 19.3. The molecule has 6 nitrogen and oxygen atoms in total. The molecule has 0 bridgehead atoms. The SMILES string of the molecule is CC(Sc1nc(CN2CCOCC2)nc2ccccc12)C(=O)N1c2ccccc2CC1C. The summed E-state index contributed by atoms with van der Waals surface area (Å²) in [5, 5.41) is 1.62. The lowest BCUT2D eigenvalue weighted by Gasteiger charge is -2.27. The minimum atomic E-state index is -0.252. The van der Waals surface area contributed by atoms with E-state index in [2.05, 4.69) is 24.0 Å². The number of rotatable bonds is 5. The number of thioether (sulfide) groups is 1. The number of aromatic nitrogens is 2. The standard InChI is InChI=1S/C25H28N4O2S/c1-17-15-19-7-3-6-10-22(19)29(17)25(30)18(2)32-24-20-8-4-5-9-21(20)26-23(27-24)16-28-11-13-31-14-12-28/h3-10,17-18H,11-16H2,1-2H3. The second-order valence-corrected chi connectivity index (χ2v) is 9.83. The van der Waals surface area contributed by atoms with Crippen molar-refractivity contribution in [1.29, 1.82) is 0 Å². The van der Waals surface area contributed by atoms with E-state index < -0.39 is 0 Å². The number of fused-ring (bicyclic) bond motifs is 2. The Labute approximate surface area is 193 Å². The van der Waals surface area contributed by atoms with Gasteiger partial charge in [-0.1, -0.05) is 48.2 Å². The summed E-state index contributed by atoms with van der Waals surface area (Å²) in [5.41, 5.74) is 3.21. The minimum absolute atomic E-state index is 0.130. The normalized spacial score (nSPS) is 19.8. The molecule has 0 radical (unpaired) electrons. The molecule has 1 aromatic heterocycles. The second kappa shape index (κ2) is 9.17. The average molecular weight is 449 g/mol. The van der Waals surface area contributed by atoms with Gasteiger partial charge in [0.2, 0.25) is 5.91 Å². The van der Waals surface area contributed by atoms with Gasteiger partial charge in [-0.15, -0.1) is 0 Å². The maximum Gasteiger partial charge on any atom is 0.240 e. The van der Waals surface area contributed by atoms with Crippen molar-refractivity contribution >= 4 is 34.3 Å². The molecule has 3 heterocycles. The van der Waals surface area contributed by atoms with Gasteiger partial charge >= 0.3 is 0 Å². The fraction of sp³-hybridized carbons (Fsp3) is 0.400. The molecule has 166 valence electrons. The van der Waals surface area contributed by atoms with Gasteiger partial charge in [0, 0.05) is 30.2 Å². The number of morpholine rings is 1. The number of hydrogen-bond donors (Lipinski definition) is 0. The first kappa shape index (κ1) is 21.4. The van der Waals surface area contributed by atoms with E-state index in [9.17, 15) is 4.79 Å².